The van der Waals surface area contributed by atoms with Crippen molar-refractivity contribution in [2.45, 2.75) is 0 Å². The second kappa shape index (κ2) is 7.86. The van der Waals surface area contributed by atoms with Crippen molar-refractivity contribution in [2.75, 3.05) is 32.5 Å². The lowest BCUT2D eigenvalue weighted by molar-refractivity contribution is 0.0950. The van der Waals surface area contributed by atoms with Crippen LogP contribution < -0.4 is 10.6 Å². The lowest BCUT2D eigenvalue weighted by Gasteiger charge is -2.10. The lowest BCUT2D eigenvalue weighted by atomic mass is 10.3. The van der Waals surface area contributed by atoms with Gasteiger partial charge in [0.1, 0.15) is 0 Å². The van der Waals surface area contributed by atoms with E-state index in [-0.39, 0.29) is 5.91 Å². The Hall–Kier alpha value is -1.99. The quantitative estimate of drug-likeness (QED) is 0.823. The number of halogens is 1. The fraction of sp³-hybridized carbons (Fsp3) is 0.267. The Morgan fingerprint density at radius 3 is 2.55 bits per heavy atom. The van der Waals surface area contributed by atoms with E-state index in [9.17, 15) is 4.79 Å². The van der Waals surface area contributed by atoms with Crippen molar-refractivity contribution >= 4 is 33.5 Å². The molecule has 0 saturated heterocycles. The van der Waals surface area contributed by atoms with Crippen molar-refractivity contribution in [1.82, 2.24) is 20.2 Å². The molecule has 0 fully saturated rings. The third-order valence-electron chi connectivity index (χ3n) is 2.88. The van der Waals surface area contributed by atoms with Crippen molar-refractivity contribution in [3.8, 4) is 0 Å². The number of carbonyl (C=O) groups excluding carboxylic acids is 1. The summed E-state index contributed by atoms with van der Waals surface area (Å²) in [5.41, 5.74) is 1.31. The van der Waals surface area contributed by atoms with Gasteiger partial charge in [-0.05, 0) is 42.2 Å². The number of aromatic nitrogens is 2. The molecule has 1 aromatic heterocycles. The van der Waals surface area contributed by atoms with Gasteiger partial charge in [-0.25, -0.2) is 9.97 Å². The summed E-state index contributed by atoms with van der Waals surface area (Å²) in [6.07, 6.45) is 3.02. The summed E-state index contributed by atoms with van der Waals surface area (Å²) in [6.45, 7) is 1.37. The molecular formula is C15H18BrN5O. The molecule has 0 aliphatic heterocycles. The molecular weight excluding hydrogens is 346 g/mol. The smallest absolute Gasteiger partial charge is 0.254 e. The molecule has 2 N–H and O–H groups in total. The second-order valence-electron chi connectivity index (χ2n) is 4.96. The Bertz CT molecular complexity index is 630. The number of nitrogens with one attached hydrogen (secondary N) is 2. The van der Waals surface area contributed by atoms with Crippen LogP contribution in [0, 0.1) is 0 Å². The zero-order valence-electron chi connectivity index (χ0n) is 12.5. The van der Waals surface area contributed by atoms with Gasteiger partial charge >= 0.3 is 0 Å². The summed E-state index contributed by atoms with van der Waals surface area (Å²) in [5.74, 6) is 0.269. The van der Waals surface area contributed by atoms with Crippen LogP contribution in [0.15, 0.2) is 41.1 Å². The largest absolute Gasteiger partial charge is 0.351 e. The summed E-state index contributed by atoms with van der Waals surface area (Å²) in [5, 5.41) is 5.91. The van der Waals surface area contributed by atoms with Gasteiger partial charge in [0.2, 0.25) is 5.95 Å². The van der Waals surface area contributed by atoms with Crippen LogP contribution in [0.4, 0.5) is 11.6 Å². The number of carbonyl (C=O) groups is 1. The first kappa shape index (κ1) is 16.4. The van der Waals surface area contributed by atoms with Crippen LogP contribution in [-0.2, 0) is 0 Å². The van der Waals surface area contributed by atoms with E-state index in [4.69, 9.17) is 0 Å². The molecule has 0 aliphatic rings. The molecule has 2 aromatic rings. The molecule has 1 aromatic carbocycles. The fourth-order valence-electron chi connectivity index (χ4n) is 1.69. The summed E-state index contributed by atoms with van der Waals surface area (Å²) in [6, 6.07) is 7.68. The maximum absolute atomic E-state index is 11.9. The van der Waals surface area contributed by atoms with E-state index in [0.29, 0.717) is 18.1 Å². The zero-order valence-corrected chi connectivity index (χ0v) is 14.1. The van der Waals surface area contributed by atoms with E-state index in [2.05, 4.69) is 36.5 Å². The van der Waals surface area contributed by atoms with E-state index in [0.717, 1.165) is 16.7 Å². The lowest BCUT2D eigenvalue weighted by Crippen LogP contribution is -2.31. The van der Waals surface area contributed by atoms with Crippen molar-refractivity contribution < 1.29 is 4.79 Å². The maximum atomic E-state index is 11.9. The summed E-state index contributed by atoms with van der Waals surface area (Å²) >= 11 is 3.45. The minimum absolute atomic E-state index is 0.172. The molecule has 0 bridgehead atoms. The van der Waals surface area contributed by atoms with Gasteiger partial charge in [-0.15, -0.1) is 0 Å². The first-order valence-electron chi connectivity index (χ1n) is 6.83. The Morgan fingerprint density at radius 2 is 1.91 bits per heavy atom. The van der Waals surface area contributed by atoms with Gasteiger partial charge in [-0.3, -0.25) is 4.79 Å². The molecule has 6 nitrogen and oxygen atoms in total. The minimum atomic E-state index is -0.172. The van der Waals surface area contributed by atoms with E-state index in [1.165, 1.54) is 12.4 Å². The van der Waals surface area contributed by atoms with Gasteiger partial charge in [0, 0.05) is 30.0 Å². The molecule has 7 heteroatoms. The van der Waals surface area contributed by atoms with Gasteiger partial charge in [0.15, 0.2) is 0 Å². The van der Waals surface area contributed by atoms with Crippen LogP contribution in [0.1, 0.15) is 10.4 Å². The van der Waals surface area contributed by atoms with Crippen LogP contribution in [-0.4, -0.2) is 48.0 Å². The van der Waals surface area contributed by atoms with Gasteiger partial charge in [-0.2, -0.15) is 0 Å². The van der Waals surface area contributed by atoms with Crippen molar-refractivity contribution in [3.63, 3.8) is 0 Å². The van der Waals surface area contributed by atoms with Crippen LogP contribution in [0.3, 0.4) is 0 Å². The first-order valence-corrected chi connectivity index (χ1v) is 7.62. The van der Waals surface area contributed by atoms with Gasteiger partial charge in [0.25, 0.3) is 5.91 Å². The van der Waals surface area contributed by atoms with Crippen LogP contribution >= 0.6 is 15.9 Å². The molecule has 0 atom stereocenters. The monoisotopic (exact) mass is 363 g/mol. The van der Waals surface area contributed by atoms with Crippen molar-refractivity contribution in [1.29, 1.82) is 0 Å². The predicted molar refractivity (Wildman–Crippen MR) is 90.3 cm³/mol. The Labute approximate surface area is 138 Å². The maximum Gasteiger partial charge on any atom is 0.254 e. The van der Waals surface area contributed by atoms with E-state index in [1.807, 2.05) is 43.3 Å². The Morgan fingerprint density at radius 1 is 1.23 bits per heavy atom. The highest BCUT2D eigenvalue weighted by Crippen LogP contribution is 2.23. The van der Waals surface area contributed by atoms with Crippen molar-refractivity contribution in [3.05, 3.63) is 46.7 Å². The third kappa shape index (κ3) is 4.78. The normalized spacial score (nSPS) is 10.5. The first-order chi connectivity index (χ1) is 10.6. The third-order valence-corrected chi connectivity index (χ3v) is 3.57. The number of benzene rings is 1. The highest BCUT2D eigenvalue weighted by Gasteiger charge is 2.07. The average molecular weight is 364 g/mol. The van der Waals surface area contributed by atoms with Crippen LogP contribution in [0.2, 0.25) is 0 Å². The fourth-order valence-corrected chi connectivity index (χ4v) is 2.07. The number of hydrogen-bond acceptors (Lipinski definition) is 5. The second-order valence-corrected chi connectivity index (χ2v) is 5.81. The molecule has 0 saturated carbocycles. The molecule has 22 heavy (non-hydrogen) atoms. The molecule has 0 radical (unpaired) electrons. The zero-order chi connectivity index (χ0) is 15.9. The molecule has 0 aliphatic carbocycles. The molecule has 1 heterocycles. The topological polar surface area (TPSA) is 70.2 Å². The number of likely N-dealkylation sites (N-methyl/N-ethyl adjacent to an activating group) is 1. The molecule has 116 valence electrons. The average Bonchev–Trinajstić information content (AvgIpc) is 2.50. The van der Waals surface area contributed by atoms with Gasteiger partial charge in [0.05, 0.1) is 11.3 Å². The standard InChI is InChI=1S/C15H18BrN5O/c1-21(2)8-7-17-14(22)11-9-18-15(19-10-11)20-13-6-4-3-5-12(13)16/h3-6,9-10H,7-8H2,1-2H3,(H,17,22)(H,18,19,20). The number of amides is 1. The van der Waals surface area contributed by atoms with Crippen LogP contribution in [0.25, 0.3) is 0 Å². The molecule has 0 unspecified atom stereocenters. The highest BCUT2D eigenvalue weighted by atomic mass is 79.9. The number of nitrogens with zero attached hydrogens (tertiary/aromatic N) is 3. The van der Waals surface area contributed by atoms with Gasteiger partial charge < -0.3 is 15.5 Å². The molecule has 0 spiro atoms. The van der Waals surface area contributed by atoms with Crippen LogP contribution in [0.5, 0.6) is 0 Å². The highest BCUT2D eigenvalue weighted by molar-refractivity contribution is 9.10. The number of anilines is 2. The number of para-hydroxylation sites is 1. The summed E-state index contributed by atoms with van der Waals surface area (Å²) < 4.78 is 0.920. The molecule has 1 amide bonds. The SMILES string of the molecule is CN(C)CCNC(=O)c1cnc(Nc2ccccc2Br)nc1. The van der Waals surface area contributed by atoms with E-state index < -0.39 is 0 Å². The van der Waals surface area contributed by atoms with E-state index in [1.54, 1.807) is 0 Å². The molecule has 2 rings (SSSR count). The Kier molecular flexibility index (Phi) is 5.85. The number of rotatable bonds is 6. The summed E-state index contributed by atoms with van der Waals surface area (Å²) in [4.78, 5) is 22.2. The van der Waals surface area contributed by atoms with E-state index >= 15 is 0 Å². The summed E-state index contributed by atoms with van der Waals surface area (Å²) in [7, 11) is 3.91. The predicted octanol–water partition coefficient (Wildman–Crippen LogP) is 2.27. The Balaban J connectivity index is 1.95. The van der Waals surface area contributed by atoms with Gasteiger partial charge in [-0.1, -0.05) is 12.1 Å². The minimum Gasteiger partial charge on any atom is -0.351 e. The number of hydrogen-bond donors (Lipinski definition) is 2. The van der Waals surface area contributed by atoms with Crippen molar-refractivity contribution in [2.24, 2.45) is 0 Å².